The lowest BCUT2D eigenvalue weighted by Crippen LogP contribution is -2.42. The molecule has 3 rings (SSSR count). The molecule has 2 aromatic rings. The molecule has 0 aromatic carbocycles. The van der Waals surface area contributed by atoms with Gasteiger partial charge < -0.3 is 15.2 Å². The third-order valence-electron chi connectivity index (χ3n) is 4.55. The first-order valence-electron chi connectivity index (χ1n) is 8.67. The van der Waals surface area contributed by atoms with Crippen molar-refractivity contribution < 1.29 is 14.6 Å². The number of amides is 1. The average molecular weight is 360 g/mol. The molecule has 1 fully saturated rings. The summed E-state index contributed by atoms with van der Waals surface area (Å²) in [7, 11) is 0. The molecule has 1 saturated carbocycles. The Balaban J connectivity index is 1.60. The molecular weight excluding hydrogens is 336 g/mol. The highest BCUT2D eigenvalue weighted by Gasteiger charge is 2.36. The number of ether oxygens (including phenoxy) is 1. The van der Waals surface area contributed by atoms with Crippen LogP contribution in [0.4, 0.5) is 0 Å². The molecule has 2 N–H and O–H groups in total. The molecule has 1 amide bonds. The first-order valence-corrected chi connectivity index (χ1v) is 9.55. The Kier molecular flexibility index (Phi) is 5.71. The van der Waals surface area contributed by atoms with Crippen LogP contribution in [0.5, 0.6) is 5.75 Å². The van der Waals surface area contributed by atoms with Gasteiger partial charge in [0.05, 0.1) is 17.8 Å². The Morgan fingerprint density at radius 1 is 1.44 bits per heavy atom. The molecular formula is C19H24N2O3S. The van der Waals surface area contributed by atoms with Gasteiger partial charge in [-0.25, -0.2) is 0 Å². The summed E-state index contributed by atoms with van der Waals surface area (Å²) in [5.41, 5.74) is 1.81. The molecule has 2 heterocycles. The van der Waals surface area contributed by atoms with Crippen molar-refractivity contribution in [1.29, 1.82) is 0 Å². The molecule has 1 aliphatic carbocycles. The fourth-order valence-electron chi connectivity index (χ4n) is 3.13. The SMILES string of the molecule is CCc1nc(C)ccc1OCC(=O)N[C@@H](c1cccs1)C1CC(O)C1. The summed E-state index contributed by atoms with van der Waals surface area (Å²) in [5.74, 6) is 0.794. The van der Waals surface area contributed by atoms with Gasteiger partial charge in [-0.15, -0.1) is 11.3 Å². The largest absolute Gasteiger partial charge is 0.482 e. The van der Waals surface area contributed by atoms with Gasteiger partial charge in [-0.05, 0) is 55.7 Å². The second-order valence-electron chi connectivity index (χ2n) is 6.49. The van der Waals surface area contributed by atoms with E-state index < -0.39 is 0 Å². The van der Waals surface area contributed by atoms with Gasteiger partial charge >= 0.3 is 0 Å². The summed E-state index contributed by atoms with van der Waals surface area (Å²) >= 11 is 1.63. The van der Waals surface area contributed by atoms with Crippen LogP contribution >= 0.6 is 11.3 Å². The number of nitrogens with zero attached hydrogens (tertiary/aromatic N) is 1. The summed E-state index contributed by atoms with van der Waals surface area (Å²) in [6.45, 7) is 3.92. The van der Waals surface area contributed by atoms with E-state index in [0.29, 0.717) is 5.75 Å². The Hall–Kier alpha value is -1.92. The van der Waals surface area contributed by atoms with Crippen molar-refractivity contribution in [2.45, 2.75) is 45.3 Å². The predicted octanol–water partition coefficient (Wildman–Crippen LogP) is 3.02. The number of aliphatic hydroxyl groups is 1. The second kappa shape index (κ2) is 7.97. The lowest BCUT2D eigenvalue weighted by molar-refractivity contribution is -0.125. The summed E-state index contributed by atoms with van der Waals surface area (Å²) in [4.78, 5) is 18.0. The fourth-order valence-corrected chi connectivity index (χ4v) is 4.00. The second-order valence-corrected chi connectivity index (χ2v) is 7.46. The minimum Gasteiger partial charge on any atom is -0.482 e. The Morgan fingerprint density at radius 2 is 2.24 bits per heavy atom. The van der Waals surface area contributed by atoms with Gasteiger partial charge in [0.2, 0.25) is 0 Å². The van der Waals surface area contributed by atoms with Gasteiger partial charge in [0.15, 0.2) is 6.61 Å². The van der Waals surface area contributed by atoms with Crippen LogP contribution in [0.1, 0.15) is 42.1 Å². The van der Waals surface area contributed by atoms with E-state index in [9.17, 15) is 9.90 Å². The van der Waals surface area contributed by atoms with Gasteiger partial charge in [0.1, 0.15) is 5.75 Å². The number of nitrogens with one attached hydrogen (secondary N) is 1. The first-order chi connectivity index (χ1) is 12.1. The molecule has 0 unspecified atom stereocenters. The standard InChI is InChI=1S/C19H24N2O3S/c1-3-15-16(7-6-12(2)20-15)24-11-18(23)21-19(13-9-14(22)10-13)17-5-4-8-25-17/h4-8,13-14,19,22H,3,9-11H2,1-2H3,(H,21,23)/t13?,14?,19-/m1/s1. The minimum atomic E-state index is -0.244. The number of hydrogen-bond donors (Lipinski definition) is 2. The highest BCUT2D eigenvalue weighted by Crippen LogP contribution is 2.39. The number of aliphatic hydroxyl groups excluding tert-OH is 1. The minimum absolute atomic E-state index is 0.0328. The van der Waals surface area contributed by atoms with E-state index in [1.54, 1.807) is 11.3 Å². The molecule has 1 atom stereocenters. The van der Waals surface area contributed by atoms with Crippen LogP contribution in [0.2, 0.25) is 0 Å². The molecule has 0 aliphatic heterocycles. The van der Waals surface area contributed by atoms with E-state index in [-0.39, 0.29) is 30.6 Å². The van der Waals surface area contributed by atoms with Gasteiger partial charge in [-0.1, -0.05) is 13.0 Å². The number of pyridine rings is 1. The van der Waals surface area contributed by atoms with Crippen LogP contribution in [0.15, 0.2) is 29.6 Å². The maximum Gasteiger partial charge on any atom is 0.258 e. The van der Waals surface area contributed by atoms with E-state index >= 15 is 0 Å². The van der Waals surface area contributed by atoms with Crippen molar-refractivity contribution >= 4 is 17.2 Å². The lowest BCUT2D eigenvalue weighted by atomic mass is 9.77. The van der Waals surface area contributed by atoms with Crippen LogP contribution in [-0.2, 0) is 11.2 Å². The third-order valence-corrected chi connectivity index (χ3v) is 5.51. The van der Waals surface area contributed by atoms with Crippen LogP contribution in [0, 0.1) is 12.8 Å². The van der Waals surface area contributed by atoms with Gasteiger partial charge in [0, 0.05) is 10.6 Å². The van der Waals surface area contributed by atoms with E-state index in [2.05, 4.69) is 10.3 Å². The summed E-state index contributed by atoms with van der Waals surface area (Å²) < 4.78 is 5.70. The zero-order chi connectivity index (χ0) is 17.8. The van der Waals surface area contributed by atoms with Crippen LogP contribution < -0.4 is 10.1 Å². The third kappa shape index (κ3) is 4.38. The maximum absolute atomic E-state index is 12.4. The lowest BCUT2D eigenvalue weighted by Gasteiger charge is -2.37. The zero-order valence-corrected chi connectivity index (χ0v) is 15.4. The number of carbonyl (C=O) groups is 1. The Morgan fingerprint density at radius 3 is 2.88 bits per heavy atom. The number of thiophene rings is 1. The maximum atomic E-state index is 12.4. The molecule has 25 heavy (non-hydrogen) atoms. The van der Waals surface area contributed by atoms with Gasteiger partial charge in [-0.3, -0.25) is 9.78 Å². The molecule has 2 aromatic heterocycles. The van der Waals surface area contributed by atoms with E-state index in [0.717, 1.165) is 35.5 Å². The predicted molar refractivity (Wildman–Crippen MR) is 97.8 cm³/mol. The number of rotatable bonds is 7. The smallest absolute Gasteiger partial charge is 0.258 e. The Labute approximate surface area is 152 Å². The summed E-state index contributed by atoms with van der Waals surface area (Å²) in [6, 6.07) is 7.71. The molecule has 6 heteroatoms. The number of aryl methyl sites for hydroxylation is 2. The van der Waals surface area contributed by atoms with E-state index in [4.69, 9.17) is 4.74 Å². The summed E-state index contributed by atoms with van der Waals surface area (Å²) in [5, 5.41) is 14.7. The van der Waals surface area contributed by atoms with Crippen LogP contribution in [0.3, 0.4) is 0 Å². The normalized spacial score (nSPS) is 20.6. The number of carbonyl (C=O) groups excluding carboxylic acids is 1. The van der Waals surface area contributed by atoms with Crippen molar-refractivity contribution in [3.05, 3.63) is 45.9 Å². The van der Waals surface area contributed by atoms with Crippen LogP contribution in [-0.4, -0.2) is 28.7 Å². The monoisotopic (exact) mass is 360 g/mol. The van der Waals surface area contributed by atoms with Crippen molar-refractivity contribution in [3.8, 4) is 5.75 Å². The average Bonchev–Trinajstić information content (AvgIpc) is 3.10. The highest BCUT2D eigenvalue weighted by atomic mass is 32.1. The van der Waals surface area contributed by atoms with Crippen molar-refractivity contribution in [3.63, 3.8) is 0 Å². The van der Waals surface area contributed by atoms with Crippen molar-refractivity contribution in [2.24, 2.45) is 5.92 Å². The molecule has 1 aliphatic rings. The molecule has 134 valence electrons. The zero-order valence-electron chi connectivity index (χ0n) is 14.6. The number of hydrogen-bond acceptors (Lipinski definition) is 5. The quantitative estimate of drug-likeness (QED) is 0.796. The van der Waals surface area contributed by atoms with Gasteiger partial charge in [0.25, 0.3) is 5.91 Å². The summed E-state index contributed by atoms with van der Waals surface area (Å²) in [6.07, 6.45) is 1.97. The molecule has 0 bridgehead atoms. The van der Waals surface area contributed by atoms with E-state index in [1.165, 1.54) is 0 Å². The van der Waals surface area contributed by atoms with E-state index in [1.807, 2.05) is 43.5 Å². The molecule has 5 nitrogen and oxygen atoms in total. The van der Waals surface area contributed by atoms with Crippen LogP contribution in [0.25, 0.3) is 0 Å². The number of aromatic nitrogens is 1. The topological polar surface area (TPSA) is 71.5 Å². The highest BCUT2D eigenvalue weighted by molar-refractivity contribution is 7.10. The molecule has 0 spiro atoms. The van der Waals surface area contributed by atoms with Crippen molar-refractivity contribution in [2.75, 3.05) is 6.61 Å². The molecule has 0 radical (unpaired) electrons. The van der Waals surface area contributed by atoms with Gasteiger partial charge in [-0.2, -0.15) is 0 Å². The fraction of sp³-hybridized carbons (Fsp3) is 0.474. The Bertz CT molecular complexity index is 711. The first kappa shape index (κ1) is 17.9. The van der Waals surface area contributed by atoms with Crippen molar-refractivity contribution in [1.82, 2.24) is 10.3 Å². The molecule has 0 saturated heterocycles.